The van der Waals surface area contributed by atoms with E-state index < -0.39 is 22.0 Å². The van der Waals surface area contributed by atoms with Crippen molar-refractivity contribution in [3.8, 4) is 0 Å². The van der Waals surface area contributed by atoms with Crippen LogP contribution >= 0.6 is 27.5 Å². The first-order chi connectivity index (χ1) is 8.77. The maximum atomic E-state index is 12.1. The molecule has 0 bridgehead atoms. The van der Waals surface area contributed by atoms with Gasteiger partial charge in [0.15, 0.2) is 0 Å². The number of hydrogen-bond acceptors (Lipinski definition) is 3. The summed E-state index contributed by atoms with van der Waals surface area (Å²) < 4.78 is 26.9. The van der Waals surface area contributed by atoms with Gasteiger partial charge in [0.2, 0.25) is 10.0 Å². The van der Waals surface area contributed by atoms with Gasteiger partial charge in [-0.3, -0.25) is 4.79 Å². The van der Waals surface area contributed by atoms with Crippen LogP contribution in [0.15, 0.2) is 27.6 Å². The van der Waals surface area contributed by atoms with Gasteiger partial charge in [-0.1, -0.05) is 40.9 Å². The molecule has 5 nitrogen and oxygen atoms in total. The molecule has 0 heterocycles. The highest BCUT2D eigenvalue weighted by atomic mass is 79.9. The predicted octanol–water partition coefficient (Wildman–Crippen LogP) is 2.63. The molecule has 2 N–H and O–H groups in total. The van der Waals surface area contributed by atoms with Crippen molar-refractivity contribution in [1.29, 1.82) is 0 Å². The minimum atomic E-state index is -3.97. The van der Waals surface area contributed by atoms with Crippen LogP contribution in [-0.2, 0) is 14.8 Å². The molecule has 1 atom stereocenters. The number of nitrogens with one attached hydrogen (secondary N) is 1. The molecule has 8 heteroatoms. The Morgan fingerprint density at radius 3 is 2.68 bits per heavy atom. The molecule has 0 amide bonds. The first kappa shape index (κ1) is 16.4. The molecule has 1 aromatic carbocycles. The molecule has 0 aromatic heterocycles. The van der Waals surface area contributed by atoms with Crippen molar-refractivity contribution >= 4 is 43.5 Å². The Balaban J connectivity index is 3.10. The topological polar surface area (TPSA) is 83.5 Å². The van der Waals surface area contributed by atoms with Gasteiger partial charge < -0.3 is 5.11 Å². The molecular weight excluding hydrogens is 358 g/mol. The molecule has 1 rings (SSSR count). The smallest absolute Gasteiger partial charge is 0.321 e. The summed E-state index contributed by atoms with van der Waals surface area (Å²) in [5.74, 6) is -1.21. The van der Waals surface area contributed by atoms with E-state index in [0.717, 1.165) is 0 Å². The van der Waals surface area contributed by atoms with Crippen LogP contribution < -0.4 is 4.72 Å². The van der Waals surface area contributed by atoms with E-state index in [0.29, 0.717) is 10.9 Å². The molecule has 1 unspecified atom stereocenters. The second-order valence-electron chi connectivity index (χ2n) is 3.88. The van der Waals surface area contributed by atoms with Crippen molar-refractivity contribution in [1.82, 2.24) is 4.72 Å². The fourth-order valence-electron chi connectivity index (χ4n) is 1.46. The summed E-state index contributed by atoms with van der Waals surface area (Å²) in [6.07, 6.45) is 0.756. The summed E-state index contributed by atoms with van der Waals surface area (Å²) in [6, 6.07) is 3.19. The Morgan fingerprint density at radius 1 is 1.53 bits per heavy atom. The average molecular weight is 371 g/mol. The van der Waals surface area contributed by atoms with E-state index in [2.05, 4.69) is 20.7 Å². The number of sulfonamides is 1. The van der Waals surface area contributed by atoms with Gasteiger partial charge in [0.1, 0.15) is 10.9 Å². The Hall–Kier alpha value is -0.630. The highest BCUT2D eigenvalue weighted by Gasteiger charge is 2.26. The number of carbonyl (C=O) groups is 1. The summed E-state index contributed by atoms with van der Waals surface area (Å²) in [6.45, 7) is 1.77. The maximum absolute atomic E-state index is 12.1. The zero-order valence-electron chi connectivity index (χ0n) is 10.1. The van der Waals surface area contributed by atoms with Crippen molar-refractivity contribution in [2.75, 3.05) is 0 Å². The van der Waals surface area contributed by atoms with Crippen LogP contribution in [0.1, 0.15) is 19.8 Å². The van der Waals surface area contributed by atoms with Gasteiger partial charge in [0, 0.05) is 4.47 Å². The minimum absolute atomic E-state index is 0.0383. The van der Waals surface area contributed by atoms with Crippen LogP contribution in [0.4, 0.5) is 0 Å². The molecule has 0 aliphatic rings. The number of aliphatic carboxylic acids is 1. The van der Waals surface area contributed by atoms with Gasteiger partial charge in [-0.05, 0) is 24.6 Å². The standard InChI is InChI=1S/C11H13BrClNO4S/c1-2-3-9(11(15)16)14-19(17,18)10-6-7(12)4-5-8(10)13/h4-6,9,14H,2-3H2,1H3,(H,15,16). The van der Waals surface area contributed by atoms with E-state index >= 15 is 0 Å². The minimum Gasteiger partial charge on any atom is -0.480 e. The van der Waals surface area contributed by atoms with E-state index in [9.17, 15) is 13.2 Å². The highest BCUT2D eigenvalue weighted by molar-refractivity contribution is 9.10. The second kappa shape index (κ2) is 6.69. The van der Waals surface area contributed by atoms with Gasteiger partial charge in [-0.25, -0.2) is 8.42 Å². The van der Waals surface area contributed by atoms with Crippen LogP contribution in [0.25, 0.3) is 0 Å². The molecule has 0 fully saturated rings. The van der Waals surface area contributed by atoms with Crippen LogP contribution in [0.3, 0.4) is 0 Å². The number of carboxylic acids is 1. The van der Waals surface area contributed by atoms with Gasteiger partial charge in [0.25, 0.3) is 0 Å². The van der Waals surface area contributed by atoms with Crippen molar-refractivity contribution in [2.24, 2.45) is 0 Å². The molecule has 0 saturated carbocycles. The Bertz CT molecular complexity index is 576. The number of hydrogen-bond donors (Lipinski definition) is 2. The Labute approximate surface area is 125 Å². The first-order valence-electron chi connectivity index (χ1n) is 5.48. The molecule has 1 aromatic rings. The SMILES string of the molecule is CCCC(NS(=O)(=O)c1cc(Br)ccc1Cl)C(=O)O. The summed E-state index contributed by atoms with van der Waals surface area (Å²) in [7, 11) is -3.97. The predicted molar refractivity (Wildman–Crippen MR) is 75.8 cm³/mol. The zero-order chi connectivity index (χ0) is 14.6. The number of carboxylic acid groups (broad SMARTS) is 1. The van der Waals surface area contributed by atoms with Gasteiger partial charge >= 0.3 is 5.97 Å². The molecule has 0 aliphatic carbocycles. The summed E-state index contributed by atoms with van der Waals surface area (Å²) in [5.41, 5.74) is 0. The number of rotatable bonds is 6. The van der Waals surface area contributed by atoms with Crippen LogP contribution in [0, 0.1) is 0 Å². The van der Waals surface area contributed by atoms with Crippen LogP contribution in [-0.4, -0.2) is 25.5 Å². The van der Waals surface area contributed by atoms with E-state index in [-0.39, 0.29) is 16.3 Å². The van der Waals surface area contributed by atoms with Crippen molar-refractivity contribution in [2.45, 2.75) is 30.7 Å². The van der Waals surface area contributed by atoms with Gasteiger partial charge in [-0.2, -0.15) is 4.72 Å². The van der Waals surface area contributed by atoms with E-state index in [1.165, 1.54) is 12.1 Å². The number of halogens is 2. The first-order valence-corrected chi connectivity index (χ1v) is 8.13. The average Bonchev–Trinajstić information content (AvgIpc) is 2.31. The fraction of sp³-hybridized carbons (Fsp3) is 0.364. The summed E-state index contributed by atoms with van der Waals surface area (Å²) in [5, 5.41) is 9.01. The molecule has 19 heavy (non-hydrogen) atoms. The normalized spacial score (nSPS) is 13.2. The largest absolute Gasteiger partial charge is 0.480 e. The zero-order valence-corrected chi connectivity index (χ0v) is 13.2. The highest BCUT2D eigenvalue weighted by Crippen LogP contribution is 2.25. The lowest BCUT2D eigenvalue weighted by Gasteiger charge is -2.14. The molecular formula is C11H13BrClNO4S. The Kier molecular flexibility index (Phi) is 5.79. The number of benzene rings is 1. The molecule has 0 radical (unpaired) electrons. The second-order valence-corrected chi connectivity index (χ2v) is 6.88. The lowest BCUT2D eigenvalue weighted by atomic mass is 10.2. The van der Waals surface area contributed by atoms with Gasteiger partial charge in [0.05, 0.1) is 5.02 Å². The maximum Gasteiger partial charge on any atom is 0.321 e. The van der Waals surface area contributed by atoms with Gasteiger partial charge in [-0.15, -0.1) is 0 Å². The third kappa shape index (κ3) is 4.45. The van der Waals surface area contributed by atoms with Crippen molar-refractivity contribution in [3.63, 3.8) is 0 Å². The van der Waals surface area contributed by atoms with E-state index in [1.54, 1.807) is 13.0 Å². The fourth-order valence-corrected chi connectivity index (χ4v) is 3.72. The third-order valence-electron chi connectivity index (χ3n) is 2.36. The lowest BCUT2D eigenvalue weighted by Crippen LogP contribution is -2.40. The summed E-state index contributed by atoms with van der Waals surface area (Å²) in [4.78, 5) is 10.8. The third-order valence-corrected chi connectivity index (χ3v) is 4.80. The molecule has 0 saturated heterocycles. The van der Waals surface area contributed by atoms with E-state index in [4.69, 9.17) is 16.7 Å². The lowest BCUT2D eigenvalue weighted by molar-refractivity contribution is -0.139. The monoisotopic (exact) mass is 369 g/mol. The molecule has 0 spiro atoms. The van der Waals surface area contributed by atoms with Crippen LogP contribution in [0.5, 0.6) is 0 Å². The Morgan fingerprint density at radius 2 is 2.16 bits per heavy atom. The molecule has 0 aliphatic heterocycles. The van der Waals surface area contributed by atoms with Crippen LogP contribution in [0.2, 0.25) is 5.02 Å². The van der Waals surface area contributed by atoms with Crippen molar-refractivity contribution in [3.05, 3.63) is 27.7 Å². The quantitative estimate of drug-likeness (QED) is 0.806. The summed E-state index contributed by atoms with van der Waals surface area (Å²) >= 11 is 8.98. The van der Waals surface area contributed by atoms with E-state index in [1.807, 2.05) is 0 Å². The molecule has 106 valence electrons. The van der Waals surface area contributed by atoms with Crippen molar-refractivity contribution < 1.29 is 18.3 Å².